The summed E-state index contributed by atoms with van der Waals surface area (Å²) in [6.45, 7) is 7.56. The van der Waals surface area contributed by atoms with Crippen LogP contribution in [0, 0.1) is 13.8 Å². The van der Waals surface area contributed by atoms with Gasteiger partial charge < -0.3 is 15.1 Å². The van der Waals surface area contributed by atoms with Gasteiger partial charge in [0.1, 0.15) is 0 Å². The van der Waals surface area contributed by atoms with Crippen molar-refractivity contribution in [2.45, 2.75) is 19.9 Å². The minimum atomic E-state index is 0.394. The Kier molecular flexibility index (Phi) is 6.49. The molecule has 108 valence electrons. The van der Waals surface area contributed by atoms with Crippen LogP contribution in [0.15, 0.2) is 18.2 Å². The van der Waals surface area contributed by atoms with Gasteiger partial charge in [-0.1, -0.05) is 29.3 Å². The molecular formula is C16H29N3. The largest absolute Gasteiger partial charge is 0.312 e. The van der Waals surface area contributed by atoms with Gasteiger partial charge in [-0.05, 0) is 47.6 Å². The van der Waals surface area contributed by atoms with Crippen LogP contribution in [0.1, 0.15) is 22.7 Å². The van der Waals surface area contributed by atoms with Crippen molar-refractivity contribution in [1.29, 1.82) is 0 Å². The van der Waals surface area contributed by atoms with E-state index in [1.807, 2.05) is 7.05 Å². The molecule has 3 nitrogen and oxygen atoms in total. The fraction of sp³-hybridized carbons (Fsp3) is 0.625. The van der Waals surface area contributed by atoms with E-state index in [0.717, 1.165) is 19.6 Å². The van der Waals surface area contributed by atoms with Crippen LogP contribution in [0.4, 0.5) is 0 Å². The highest BCUT2D eigenvalue weighted by Crippen LogP contribution is 2.17. The lowest BCUT2D eigenvalue weighted by Gasteiger charge is -2.25. The monoisotopic (exact) mass is 263 g/mol. The van der Waals surface area contributed by atoms with E-state index in [-0.39, 0.29) is 0 Å². The Balaban J connectivity index is 2.66. The van der Waals surface area contributed by atoms with Crippen molar-refractivity contribution in [3.05, 3.63) is 34.9 Å². The lowest BCUT2D eigenvalue weighted by Crippen LogP contribution is -2.35. The van der Waals surface area contributed by atoms with Gasteiger partial charge in [-0.15, -0.1) is 0 Å². The summed E-state index contributed by atoms with van der Waals surface area (Å²) in [4.78, 5) is 4.61. The first-order chi connectivity index (χ1) is 8.92. The molecule has 1 unspecified atom stereocenters. The van der Waals surface area contributed by atoms with Crippen LogP contribution >= 0.6 is 0 Å². The molecule has 0 saturated heterocycles. The van der Waals surface area contributed by atoms with Crippen molar-refractivity contribution >= 4 is 0 Å². The van der Waals surface area contributed by atoms with Crippen molar-refractivity contribution in [1.82, 2.24) is 15.1 Å². The van der Waals surface area contributed by atoms with Gasteiger partial charge in [0.15, 0.2) is 0 Å². The summed E-state index contributed by atoms with van der Waals surface area (Å²) in [6.07, 6.45) is 0. The van der Waals surface area contributed by atoms with Crippen molar-refractivity contribution in [2.24, 2.45) is 0 Å². The van der Waals surface area contributed by atoms with E-state index < -0.39 is 0 Å². The molecule has 0 aliphatic carbocycles. The quantitative estimate of drug-likeness (QED) is 0.812. The maximum Gasteiger partial charge on any atom is 0.0446 e. The fourth-order valence-electron chi connectivity index (χ4n) is 2.35. The topological polar surface area (TPSA) is 18.5 Å². The molecule has 0 aliphatic rings. The Morgan fingerprint density at radius 3 is 2.05 bits per heavy atom. The van der Waals surface area contributed by atoms with Crippen LogP contribution in [0.2, 0.25) is 0 Å². The third-order valence-corrected chi connectivity index (χ3v) is 3.42. The summed E-state index contributed by atoms with van der Waals surface area (Å²) < 4.78 is 0. The van der Waals surface area contributed by atoms with E-state index >= 15 is 0 Å². The van der Waals surface area contributed by atoms with Crippen LogP contribution in [0.25, 0.3) is 0 Å². The first-order valence-corrected chi connectivity index (χ1v) is 7.01. The third kappa shape index (κ3) is 5.72. The summed E-state index contributed by atoms with van der Waals surface area (Å²) in [5, 5.41) is 3.44. The average molecular weight is 263 g/mol. The SMILES string of the molecule is CNC(CN(C)CCN(C)C)c1cc(C)cc(C)c1. The Bertz CT molecular complexity index is 367. The van der Waals surface area contributed by atoms with Gasteiger partial charge in [0.05, 0.1) is 0 Å². The van der Waals surface area contributed by atoms with Crippen molar-refractivity contribution in [2.75, 3.05) is 47.8 Å². The molecule has 0 spiro atoms. The van der Waals surface area contributed by atoms with Gasteiger partial charge in [0.25, 0.3) is 0 Å². The molecule has 0 fully saturated rings. The van der Waals surface area contributed by atoms with Gasteiger partial charge >= 0.3 is 0 Å². The van der Waals surface area contributed by atoms with E-state index in [1.165, 1.54) is 16.7 Å². The molecule has 1 aromatic rings. The lowest BCUT2D eigenvalue weighted by atomic mass is 10.0. The van der Waals surface area contributed by atoms with Gasteiger partial charge in [-0.3, -0.25) is 0 Å². The maximum absolute atomic E-state index is 3.44. The molecule has 1 aromatic carbocycles. The van der Waals surface area contributed by atoms with Crippen LogP contribution in [0.5, 0.6) is 0 Å². The standard InChI is InChI=1S/C16H29N3/c1-13-9-14(2)11-15(10-13)16(17-3)12-19(6)8-7-18(4)5/h9-11,16-17H,7-8,12H2,1-6H3. The third-order valence-electron chi connectivity index (χ3n) is 3.42. The van der Waals surface area contributed by atoms with Gasteiger partial charge in [-0.25, -0.2) is 0 Å². The number of benzene rings is 1. The highest BCUT2D eigenvalue weighted by atomic mass is 15.2. The normalized spacial score (nSPS) is 13.3. The highest BCUT2D eigenvalue weighted by Gasteiger charge is 2.12. The number of hydrogen-bond acceptors (Lipinski definition) is 3. The molecule has 3 heteroatoms. The second kappa shape index (κ2) is 7.63. The number of likely N-dealkylation sites (N-methyl/N-ethyl adjacent to an activating group) is 3. The number of nitrogens with zero attached hydrogens (tertiary/aromatic N) is 2. The van der Waals surface area contributed by atoms with Crippen molar-refractivity contribution in [3.63, 3.8) is 0 Å². The second-order valence-electron chi connectivity index (χ2n) is 5.83. The Morgan fingerprint density at radius 2 is 1.58 bits per heavy atom. The summed E-state index contributed by atoms with van der Waals surface area (Å²) in [6, 6.07) is 7.19. The smallest absolute Gasteiger partial charge is 0.0446 e. The van der Waals surface area contributed by atoms with Gasteiger partial charge in [-0.2, -0.15) is 0 Å². The van der Waals surface area contributed by atoms with E-state index in [1.54, 1.807) is 0 Å². The molecule has 0 heterocycles. The average Bonchev–Trinajstić information content (AvgIpc) is 2.32. The zero-order valence-electron chi connectivity index (χ0n) is 13.3. The maximum atomic E-state index is 3.44. The molecular weight excluding hydrogens is 234 g/mol. The molecule has 1 rings (SSSR count). The Morgan fingerprint density at radius 1 is 1.00 bits per heavy atom. The predicted octanol–water partition coefficient (Wildman–Crippen LogP) is 2.06. The number of aryl methyl sites for hydroxylation is 2. The first-order valence-electron chi connectivity index (χ1n) is 7.01. The number of nitrogens with one attached hydrogen (secondary N) is 1. The van der Waals surface area contributed by atoms with E-state index in [4.69, 9.17) is 0 Å². The summed E-state index contributed by atoms with van der Waals surface area (Å²) >= 11 is 0. The van der Waals surface area contributed by atoms with E-state index in [2.05, 4.69) is 68.3 Å². The number of hydrogen-bond donors (Lipinski definition) is 1. The zero-order valence-corrected chi connectivity index (χ0v) is 13.3. The first kappa shape index (κ1) is 16.2. The van der Waals surface area contributed by atoms with Gasteiger partial charge in [0, 0.05) is 25.7 Å². The molecule has 0 saturated carbocycles. The summed E-state index contributed by atoms with van der Waals surface area (Å²) in [7, 11) is 8.47. The zero-order chi connectivity index (χ0) is 14.4. The molecule has 0 aliphatic heterocycles. The van der Waals surface area contributed by atoms with Crippen molar-refractivity contribution in [3.8, 4) is 0 Å². The Labute approximate surface area is 118 Å². The molecule has 1 atom stereocenters. The minimum absolute atomic E-state index is 0.394. The summed E-state index contributed by atoms with van der Waals surface area (Å²) in [5.41, 5.74) is 4.06. The number of rotatable bonds is 7. The van der Waals surface area contributed by atoms with Crippen LogP contribution in [0.3, 0.4) is 0 Å². The van der Waals surface area contributed by atoms with Crippen LogP contribution in [-0.4, -0.2) is 57.6 Å². The van der Waals surface area contributed by atoms with Crippen molar-refractivity contribution < 1.29 is 0 Å². The molecule has 0 amide bonds. The summed E-state index contributed by atoms with van der Waals surface area (Å²) in [5.74, 6) is 0. The predicted molar refractivity (Wildman–Crippen MR) is 83.8 cm³/mol. The Hall–Kier alpha value is -0.900. The second-order valence-corrected chi connectivity index (χ2v) is 5.83. The molecule has 19 heavy (non-hydrogen) atoms. The molecule has 0 aromatic heterocycles. The lowest BCUT2D eigenvalue weighted by molar-refractivity contribution is 0.260. The molecule has 0 radical (unpaired) electrons. The molecule has 0 bridgehead atoms. The van der Waals surface area contributed by atoms with Gasteiger partial charge in [0.2, 0.25) is 0 Å². The molecule has 1 N–H and O–H groups in total. The van der Waals surface area contributed by atoms with Crippen LogP contribution < -0.4 is 5.32 Å². The minimum Gasteiger partial charge on any atom is -0.312 e. The highest BCUT2D eigenvalue weighted by molar-refractivity contribution is 5.30. The van der Waals surface area contributed by atoms with E-state index in [0.29, 0.717) is 6.04 Å². The van der Waals surface area contributed by atoms with E-state index in [9.17, 15) is 0 Å². The fourth-order valence-corrected chi connectivity index (χ4v) is 2.35. The van der Waals surface area contributed by atoms with Crippen LogP contribution in [-0.2, 0) is 0 Å².